The summed E-state index contributed by atoms with van der Waals surface area (Å²) < 4.78 is 11.9. The van der Waals surface area contributed by atoms with Gasteiger partial charge in [0.25, 0.3) is 11.8 Å². The fourth-order valence-electron chi connectivity index (χ4n) is 4.51. The van der Waals surface area contributed by atoms with Gasteiger partial charge in [-0.05, 0) is 24.3 Å². The van der Waals surface area contributed by atoms with Crippen molar-refractivity contribution in [3.8, 4) is 11.5 Å². The maximum Gasteiger partial charge on any atom is 0.262 e. The Morgan fingerprint density at radius 2 is 1.61 bits per heavy atom. The molecule has 36 heavy (non-hydrogen) atoms. The smallest absolute Gasteiger partial charge is 0.262 e. The maximum absolute atomic E-state index is 12.4. The van der Waals surface area contributed by atoms with Crippen LogP contribution in [0, 0.1) is 0 Å². The van der Waals surface area contributed by atoms with Gasteiger partial charge in [0.15, 0.2) is 5.13 Å². The van der Waals surface area contributed by atoms with Crippen LogP contribution in [0.1, 0.15) is 20.7 Å². The van der Waals surface area contributed by atoms with E-state index >= 15 is 0 Å². The lowest BCUT2D eigenvalue weighted by Crippen LogP contribution is -2.49. The number of aromatic nitrogens is 1. The summed E-state index contributed by atoms with van der Waals surface area (Å²) in [6.45, 7) is 4.14. The number of piperazine rings is 1. The Labute approximate surface area is 212 Å². The number of fused-ring (bicyclic) bond motifs is 2. The number of nitrogens with one attached hydrogen (secondary N) is 1. The fraction of sp³-hybridized carbons (Fsp3) is 0.360. The second-order valence-corrected chi connectivity index (χ2v) is 9.54. The molecule has 0 spiro atoms. The summed E-state index contributed by atoms with van der Waals surface area (Å²) in [4.78, 5) is 47.6. The van der Waals surface area contributed by atoms with Crippen molar-refractivity contribution in [2.24, 2.45) is 0 Å². The molecule has 0 aliphatic carbocycles. The zero-order valence-electron chi connectivity index (χ0n) is 20.2. The van der Waals surface area contributed by atoms with Crippen molar-refractivity contribution < 1.29 is 23.9 Å². The van der Waals surface area contributed by atoms with E-state index in [1.807, 2.05) is 12.1 Å². The number of imide groups is 1. The summed E-state index contributed by atoms with van der Waals surface area (Å²) in [6, 6.07) is 10.4. The van der Waals surface area contributed by atoms with Gasteiger partial charge in [0, 0.05) is 39.3 Å². The Kier molecular flexibility index (Phi) is 6.75. The highest BCUT2D eigenvalue weighted by atomic mass is 32.1. The molecule has 0 saturated carbocycles. The molecule has 10 nitrogen and oxygen atoms in total. The number of ether oxygens (including phenoxy) is 2. The largest absolute Gasteiger partial charge is 0.495 e. The van der Waals surface area contributed by atoms with Gasteiger partial charge in [-0.3, -0.25) is 24.2 Å². The molecule has 0 unspecified atom stereocenters. The van der Waals surface area contributed by atoms with E-state index in [0.717, 1.165) is 57.9 Å². The van der Waals surface area contributed by atoms with E-state index in [1.165, 1.54) is 0 Å². The van der Waals surface area contributed by atoms with Gasteiger partial charge >= 0.3 is 0 Å². The van der Waals surface area contributed by atoms with Crippen LogP contribution in [0.3, 0.4) is 0 Å². The first-order valence-corrected chi connectivity index (χ1v) is 12.5. The van der Waals surface area contributed by atoms with Gasteiger partial charge in [-0.15, -0.1) is 0 Å². The molecule has 0 radical (unpaired) electrons. The average molecular weight is 510 g/mol. The number of amides is 3. The lowest BCUT2D eigenvalue weighted by atomic mass is 10.1. The van der Waals surface area contributed by atoms with E-state index in [-0.39, 0.29) is 12.5 Å². The third-order valence-corrected chi connectivity index (χ3v) is 7.60. The van der Waals surface area contributed by atoms with Crippen molar-refractivity contribution >= 4 is 44.4 Å². The lowest BCUT2D eigenvalue weighted by Gasteiger charge is -2.34. The van der Waals surface area contributed by atoms with Crippen LogP contribution in [0.25, 0.3) is 10.2 Å². The number of hydrogen-bond donors (Lipinski definition) is 1. The lowest BCUT2D eigenvalue weighted by molar-refractivity contribution is -0.121. The van der Waals surface area contributed by atoms with E-state index < -0.39 is 11.8 Å². The van der Waals surface area contributed by atoms with Gasteiger partial charge < -0.3 is 19.7 Å². The number of methoxy groups -OCH3 is 2. The SMILES string of the molecule is COc1ccc(OC)c2sc(N3CCN(CCNC(=O)CN4C(=O)c5ccccc5C4=O)CC3)nc12. The monoisotopic (exact) mass is 509 g/mol. The summed E-state index contributed by atoms with van der Waals surface area (Å²) in [5.74, 6) is 0.313. The maximum atomic E-state index is 12.4. The van der Waals surface area contributed by atoms with Crippen LogP contribution in [-0.4, -0.2) is 92.5 Å². The topological polar surface area (TPSA) is 104 Å². The van der Waals surface area contributed by atoms with Gasteiger partial charge in [-0.1, -0.05) is 23.5 Å². The van der Waals surface area contributed by atoms with E-state index in [2.05, 4.69) is 15.1 Å². The molecule has 188 valence electrons. The summed E-state index contributed by atoms with van der Waals surface area (Å²) >= 11 is 1.59. The molecule has 3 amide bonds. The second-order valence-electron chi connectivity index (χ2n) is 8.56. The van der Waals surface area contributed by atoms with Crippen molar-refractivity contribution in [2.45, 2.75) is 0 Å². The minimum Gasteiger partial charge on any atom is -0.495 e. The van der Waals surface area contributed by atoms with Crippen molar-refractivity contribution in [2.75, 3.05) is 64.9 Å². The molecule has 2 aromatic carbocycles. The second kappa shape index (κ2) is 10.1. The van der Waals surface area contributed by atoms with Gasteiger partial charge in [0.1, 0.15) is 28.3 Å². The van der Waals surface area contributed by atoms with Gasteiger partial charge in [-0.25, -0.2) is 4.98 Å². The third-order valence-electron chi connectivity index (χ3n) is 6.47. The number of rotatable bonds is 8. The molecule has 1 aromatic heterocycles. The first-order valence-electron chi connectivity index (χ1n) is 11.7. The van der Waals surface area contributed by atoms with Crippen molar-refractivity contribution in [3.63, 3.8) is 0 Å². The highest BCUT2D eigenvalue weighted by Crippen LogP contribution is 2.40. The molecule has 3 aromatic rings. The first-order chi connectivity index (χ1) is 17.5. The quantitative estimate of drug-likeness (QED) is 0.459. The molecular formula is C25H27N5O5S. The number of carbonyl (C=O) groups excluding carboxylic acids is 3. The molecular weight excluding hydrogens is 482 g/mol. The number of nitrogens with zero attached hydrogens (tertiary/aromatic N) is 4. The van der Waals surface area contributed by atoms with Crippen LogP contribution < -0.4 is 19.7 Å². The zero-order chi connectivity index (χ0) is 25.2. The number of thiazole rings is 1. The fourth-order valence-corrected chi connectivity index (χ4v) is 5.63. The number of benzene rings is 2. The van der Waals surface area contributed by atoms with E-state index in [4.69, 9.17) is 14.5 Å². The summed E-state index contributed by atoms with van der Waals surface area (Å²) in [5, 5.41) is 3.76. The molecule has 1 fully saturated rings. The van der Waals surface area contributed by atoms with Crippen LogP contribution in [-0.2, 0) is 4.79 Å². The minimum absolute atomic E-state index is 0.273. The Hall–Kier alpha value is -3.70. The Morgan fingerprint density at radius 3 is 2.25 bits per heavy atom. The molecule has 3 heterocycles. The number of carbonyl (C=O) groups is 3. The minimum atomic E-state index is -0.424. The Bertz CT molecular complexity index is 1240. The number of hydrogen-bond acceptors (Lipinski definition) is 9. The van der Waals surface area contributed by atoms with E-state index in [1.54, 1.807) is 49.8 Å². The average Bonchev–Trinajstić information content (AvgIpc) is 3.45. The molecule has 1 N–H and O–H groups in total. The van der Waals surface area contributed by atoms with Crippen molar-refractivity contribution in [1.29, 1.82) is 0 Å². The molecule has 11 heteroatoms. The Balaban J connectivity index is 1.10. The van der Waals surface area contributed by atoms with Crippen LogP contribution >= 0.6 is 11.3 Å². The Morgan fingerprint density at radius 1 is 0.972 bits per heavy atom. The molecule has 2 aliphatic heterocycles. The normalized spacial score (nSPS) is 15.9. The highest BCUT2D eigenvalue weighted by molar-refractivity contribution is 7.22. The van der Waals surface area contributed by atoms with Crippen LogP contribution in [0.15, 0.2) is 36.4 Å². The zero-order valence-corrected chi connectivity index (χ0v) is 21.0. The molecule has 5 rings (SSSR count). The van der Waals surface area contributed by atoms with Crippen LogP contribution in [0.2, 0.25) is 0 Å². The van der Waals surface area contributed by atoms with E-state index in [9.17, 15) is 14.4 Å². The van der Waals surface area contributed by atoms with Crippen molar-refractivity contribution in [1.82, 2.24) is 20.1 Å². The summed E-state index contributed by atoms with van der Waals surface area (Å²) in [5.41, 5.74) is 1.50. The standard InChI is InChI=1S/C25H27N5O5S/c1-34-18-7-8-19(35-2)22-21(18)27-25(36-22)29-13-11-28(12-14-29)10-9-26-20(31)15-30-23(32)16-5-3-4-6-17(16)24(30)33/h3-8H,9-15H2,1-2H3,(H,26,31). The van der Waals surface area contributed by atoms with Crippen LogP contribution in [0.5, 0.6) is 11.5 Å². The molecule has 2 aliphatic rings. The highest BCUT2D eigenvalue weighted by Gasteiger charge is 2.36. The number of anilines is 1. The van der Waals surface area contributed by atoms with Gasteiger partial charge in [-0.2, -0.15) is 0 Å². The van der Waals surface area contributed by atoms with Crippen molar-refractivity contribution in [3.05, 3.63) is 47.5 Å². The third kappa shape index (κ3) is 4.47. The van der Waals surface area contributed by atoms with Gasteiger partial charge in [0.05, 0.1) is 25.3 Å². The summed E-state index contributed by atoms with van der Waals surface area (Å²) in [6.07, 6.45) is 0. The predicted molar refractivity (Wildman–Crippen MR) is 136 cm³/mol. The van der Waals surface area contributed by atoms with Gasteiger partial charge in [0.2, 0.25) is 5.91 Å². The first kappa shape index (κ1) is 24.0. The van der Waals surface area contributed by atoms with E-state index in [0.29, 0.717) is 24.2 Å². The predicted octanol–water partition coefficient (Wildman–Crippen LogP) is 1.85. The summed E-state index contributed by atoms with van der Waals surface area (Å²) in [7, 11) is 3.29. The molecule has 1 saturated heterocycles. The molecule has 0 bridgehead atoms. The molecule has 0 atom stereocenters. The van der Waals surface area contributed by atoms with Crippen LogP contribution in [0.4, 0.5) is 5.13 Å².